The average Bonchev–Trinajstić information content (AvgIpc) is 3.43. The molecule has 0 aliphatic carbocycles. The Bertz CT molecular complexity index is 1020. The summed E-state index contributed by atoms with van der Waals surface area (Å²) in [5.41, 5.74) is -0.119. The third-order valence-corrected chi connectivity index (χ3v) is 5.36. The summed E-state index contributed by atoms with van der Waals surface area (Å²) < 4.78 is 10.6. The van der Waals surface area contributed by atoms with Crippen molar-refractivity contribution in [1.82, 2.24) is 10.2 Å². The Morgan fingerprint density at radius 3 is 2.56 bits per heavy atom. The van der Waals surface area contributed by atoms with Gasteiger partial charge in [-0.3, -0.25) is 14.5 Å². The number of rotatable bonds is 5. The normalized spacial score (nSPS) is 17.4. The van der Waals surface area contributed by atoms with Crippen LogP contribution in [0, 0.1) is 0 Å². The van der Waals surface area contributed by atoms with Gasteiger partial charge in [0, 0.05) is 5.92 Å². The molecule has 1 aliphatic rings. The number of furan rings is 2. The number of hydrogen-bond acceptors (Lipinski definition) is 8. The SMILES string of the molecule is CC(C)c1nnc(N2C(=O)C(O)=C(C(=O)c3ccco3)C2c2ccco2)s1. The first-order valence-corrected chi connectivity index (χ1v) is 9.02. The topological polar surface area (TPSA) is 110 Å². The van der Waals surface area contributed by atoms with E-state index in [1.54, 1.807) is 18.2 Å². The molecular formula is C18H15N3O5S. The Kier molecular flexibility index (Phi) is 4.15. The number of aliphatic hydroxyl groups is 1. The van der Waals surface area contributed by atoms with Crippen LogP contribution in [0.3, 0.4) is 0 Å². The van der Waals surface area contributed by atoms with E-state index in [0.717, 1.165) is 5.01 Å². The van der Waals surface area contributed by atoms with Gasteiger partial charge in [0.15, 0.2) is 11.5 Å². The van der Waals surface area contributed by atoms with E-state index >= 15 is 0 Å². The van der Waals surface area contributed by atoms with Crippen molar-refractivity contribution >= 4 is 28.2 Å². The molecule has 1 atom stereocenters. The predicted molar refractivity (Wildman–Crippen MR) is 95.6 cm³/mol. The molecule has 0 bridgehead atoms. The van der Waals surface area contributed by atoms with Gasteiger partial charge in [-0.1, -0.05) is 25.2 Å². The molecule has 1 amide bonds. The fourth-order valence-corrected chi connectivity index (χ4v) is 3.72. The zero-order valence-corrected chi connectivity index (χ0v) is 15.3. The summed E-state index contributed by atoms with van der Waals surface area (Å²) in [5.74, 6) is -1.52. The molecule has 0 aromatic carbocycles. The molecule has 1 N–H and O–H groups in total. The Balaban J connectivity index is 1.83. The second-order valence-electron chi connectivity index (χ2n) is 6.24. The van der Waals surface area contributed by atoms with Crippen molar-refractivity contribution in [3.63, 3.8) is 0 Å². The van der Waals surface area contributed by atoms with Crippen LogP contribution in [0.25, 0.3) is 0 Å². The number of amides is 1. The number of aromatic nitrogens is 2. The van der Waals surface area contributed by atoms with E-state index < -0.39 is 23.5 Å². The Hall–Kier alpha value is -3.20. The lowest BCUT2D eigenvalue weighted by Gasteiger charge is -2.21. The van der Waals surface area contributed by atoms with Gasteiger partial charge >= 0.3 is 0 Å². The summed E-state index contributed by atoms with van der Waals surface area (Å²) in [6.45, 7) is 3.92. The summed E-state index contributed by atoms with van der Waals surface area (Å²) in [4.78, 5) is 26.9. The van der Waals surface area contributed by atoms with Gasteiger partial charge in [-0.2, -0.15) is 0 Å². The van der Waals surface area contributed by atoms with Crippen LogP contribution in [0.2, 0.25) is 0 Å². The number of anilines is 1. The molecule has 8 nitrogen and oxygen atoms in total. The second kappa shape index (κ2) is 6.51. The van der Waals surface area contributed by atoms with Gasteiger partial charge in [-0.15, -0.1) is 10.2 Å². The number of hydrogen-bond donors (Lipinski definition) is 1. The Labute approximate surface area is 157 Å². The molecule has 0 fully saturated rings. The van der Waals surface area contributed by atoms with Gasteiger partial charge < -0.3 is 13.9 Å². The zero-order chi connectivity index (χ0) is 19.1. The average molecular weight is 385 g/mol. The molecule has 138 valence electrons. The zero-order valence-electron chi connectivity index (χ0n) is 14.4. The van der Waals surface area contributed by atoms with E-state index in [9.17, 15) is 14.7 Å². The molecular weight excluding hydrogens is 370 g/mol. The van der Waals surface area contributed by atoms with Gasteiger partial charge in [-0.25, -0.2) is 0 Å². The first-order chi connectivity index (χ1) is 13.0. The standard InChI is InChI=1S/C18H15N3O5S/c1-9(2)16-19-20-18(27-16)21-13(10-5-3-7-25-10)12(15(23)17(21)24)14(22)11-6-4-8-26-11/h3-9,13,23H,1-2H3. The quantitative estimate of drug-likeness (QED) is 0.668. The molecule has 4 heterocycles. The van der Waals surface area contributed by atoms with E-state index in [1.807, 2.05) is 13.8 Å². The number of carbonyl (C=O) groups is 2. The van der Waals surface area contributed by atoms with Crippen LogP contribution < -0.4 is 4.90 Å². The van der Waals surface area contributed by atoms with Crippen molar-refractivity contribution in [2.75, 3.05) is 4.90 Å². The third kappa shape index (κ3) is 2.76. The highest BCUT2D eigenvalue weighted by molar-refractivity contribution is 7.15. The van der Waals surface area contributed by atoms with Gasteiger partial charge in [0.2, 0.25) is 10.9 Å². The summed E-state index contributed by atoms with van der Waals surface area (Å²) in [7, 11) is 0. The van der Waals surface area contributed by atoms with Crippen LogP contribution >= 0.6 is 11.3 Å². The minimum atomic E-state index is -0.960. The number of Topliss-reactive ketones (excluding diaryl/α,β-unsaturated/α-hetero) is 1. The van der Waals surface area contributed by atoms with Crippen LogP contribution in [0.1, 0.15) is 47.1 Å². The first kappa shape index (κ1) is 17.2. The van der Waals surface area contributed by atoms with Crippen LogP contribution in [-0.4, -0.2) is 27.0 Å². The Morgan fingerprint density at radius 2 is 1.96 bits per heavy atom. The fourth-order valence-electron chi connectivity index (χ4n) is 2.85. The van der Waals surface area contributed by atoms with Crippen molar-refractivity contribution in [1.29, 1.82) is 0 Å². The van der Waals surface area contributed by atoms with E-state index in [0.29, 0.717) is 5.76 Å². The third-order valence-electron chi connectivity index (χ3n) is 4.14. The van der Waals surface area contributed by atoms with E-state index in [2.05, 4.69) is 10.2 Å². The summed E-state index contributed by atoms with van der Waals surface area (Å²) >= 11 is 1.22. The largest absolute Gasteiger partial charge is 0.503 e. The number of nitrogens with zero attached hydrogens (tertiary/aromatic N) is 3. The van der Waals surface area contributed by atoms with Crippen LogP contribution in [0.15, 0.2) is 57.0 Å². The van der Waals surface area contributed by atoms with Gasteiger partial charge in [-0.05, 0) is 24.3 Å². The molecule has 0 spiro atoms. The highest BCUT2D eigenvalue weighted by atomic mass is 32.1. The van der Waals surface area contributed by atoms with Crippen molar-refractivity contribution < 1.29 is 23.5 Å². The molecule has 0 saturated heterocycles. The number of aliphatic hydroxyl groups excluding tert-OH is 1. The van der Waals surface area contributed by atoms with Crippen molar-refractivity contribution in [3.05, 3.63) is 64.7 Å². The Morgan fingerprint density at radius 1 is 1.22 bits per heavy atom. The molecule has 1 aliphatic heterocycles. The fraction of sp³-hybridized carbons (Fsp3) is 0.222. The summed E-state index contributed by atoms with van der Waals surface area (Å²) in [6.07, 6.45) is 2.78. The molecule has 9 heteroatoms. The van der Waals surface area contributed by atoms with E-state index in [1.165, 1.54) is 34.8 Å². The molecule has 3 aromatic heterocycles. The summed E-state index contributed by atoms with van der Waals surface area (Å²) in [6, 6.07) is 5.33. The minimum Gasteiger partial charge on any atom is -0.503 e. The maximum atomic E-state index is 12.9. The smallest absolute Gasteiger partial charge is 0.296 e. The van der Waals surface area contributed by atoms with Gasteiger partial charge in [0.05, 0.1) is 18.1 Å². The lowest BCUT2D eigenvalue weighted by atomic mass is 10.00. The van der Waals surface area contributed by atoms with Gasteiger partial charge in [0.25, 0.3) is 5.91 Å². The molecule has 4 rings (SSSR count). The van der Waals surface area contributed by atoms with Crippen molar-refractivity contribution in [2.45, 2.75) is 25.8 Å². The van der Waals surface area contributed by atoms with E-state index in [4.69, 9.17) is 8.83 Å². The lowest BCUT2D eigenvalue weighted by molar-refractivity contribution is -0.117. The highest BCUT2D eigenvalue weighted by Gasteiger charge is 2.48. The van der Waals surface area contributed by atoms with Crippen LogP contribution in [0.4, 0.5) is 5.13 Å². The van der Waals surface area contributed by atoms with Crippen molar-refractivity contribution in [3.8, 4) is 0 Å². The maximum absolute atomic E-state index is 12.9. The maximum Gasteiger partial charge on any atom is 0.296 e. The van der Waals surface area contributed by atoms with Gasteiger partial charge in [0.1, 0.15) is 16.8 Å². The summed E-state index contributed by atoms with van der Waals surface area (Å²) in [5, 5.41) is 19.7. The highest BCUT2D eigenvalue weighted by Crippen LogP contribution is 2.43. The molecule has 27 heavy (non-hydrogen) atoms. The van der Waals surface area contributed by atoms with Crippen molar-refractivity contribution in [2.24, 2.45) is 0 Å². The number of carbonyl (C=O) groups excluding carboxylic acids is 2. The number of ketones is 1. The monoisotopic (exact) mass is 385 g/mol. The first-order valence-electron chi connectivity index (χ1n) is 8.20. The predicted octanol–water partition coefficient (Wildman–Crippen LogP) is 3.63. The van der Waals surface area contributed by atoms with E-state index in [-0.39, 0.29) is 22.4 Å². The minimum absolute atomic E-state index is 0.0166. The molecule has 0 radical (unpaired) electrons. The molecule has 0 saturated carbocycles. The molecule has 3 aromatic rings. The van der Waals surface area contributed by atoms with Crippen LogP contribution in [-0.2, 0) is 4.79 Å². The second-order valence-corrected chi connectivity index (χ2v) is 7.23. The van der Waals surface area contributed by atoms with Crippen LogP contribution in [0.5, 0.6) is 0 Å². The lowest BCUT2D eigenvalue weighted by Crippen LogP contribution is -2.30. The molecule has 1 unspecified atom stereocenters.